The quantitative estimate of drug-likeness (QED) is 0.115. The van der Waals surface area contributed by atoms with Gasteiger partial charge in [-0.3, -0.25) is 0 Å². The van der Waals surface area contributed by atoms with Crippen LogP contribution in [0.3, 0.4) is 0 Å². The molecule has 0 heterocycles. The molecule has 6 heteroatoms. The Labute approximate surface area is 286 Å². The summed E-state index contributed by atoms with van der Waals surface area (Å²) in [6.45, 7) is 0. The SMILES string of the molecule is COc1ccc(OC)c(-c2c(OC)ccc(OC)c2CP(c2ccccc2)c2ccccc2)c1CP(c1ccccc1)c1ccccc1. The Morgan fingerprint density at radius 1 is 0.333 bits per heavy atom. The molecule has 0 saturated carbocycles. The monoisotopic (exact) mass is 670 g/mol. The van der Waals surface area contributed by atoms with Gasteiger partial charge in [0.05, 0.1) is 28.4 Å². The van der Waals surface area contributed by atoms with Gasteiger partial charge < -0.3 is 18.9 Å². The van der Waals surface area contributed by atoms with E-state index >= 15 is 0 Å². The summed E-state index contributed by atoms with van der Waals surface area (Å²) in [6.07, 6.45) is 1.48. The Hall–Kier alpha value is -4.62. The Bertz CT molecular complexity index is 1700. The van der Waals surface area contributed by atoms with Crippen molar-refractivity contribution in [2.75, 3.05) is 28.4 Å². The van der Waals surface area contributed by atoms with E-state index in [9.17, 15) is 0 Å². The summed E-state index contributed by atoms with van der Waals surface area (Å²) in [5, 5.41) is 5.18. The van der Waals surface area contributed by atoms with Crippen molar-refractivity contribution in [2.24, 2.45) is 0 Å². The smallest absolute Gasteiger partial charge is 0.127 e. The lowest BCUT2D eigenvalue weighted by Gasteiger charge is -2.27. The number of hydrogen-bond acceptors (Lipinski definition) is 4. The number of ether oxygens (including phenoxy) is 4. The molecule has 0 radical (unpaired) electrons. The minimum Gasteiger partial charge on any atom is -0.496 e. The summed E-state index contributed by atoms with van der Waals surface area (Å²) in [7, 11) is 5.36. The lowest BCUT2D eigenvalue weighted by molar-refractivity contribution is 0.396. The Balaban J connectivity index is 1.61. The van der Waals surface area contributed by atoms with E-state index in [1.54, 1.807) is 28.4 Å². The molecule has 0 fully saturated rings. The molecule has 6 aromatic rings. The largest absolute Gasteiger partial charge is 0.496 e. The Kier molecular flexibility index (Phi) is 11.1. The molecule has 0 saturated heterocycles. The first-order valence-electron chi connectivity index (χ1n) is 15.9. The van der Waals surface area contributed by atoms with Crippen LogP contribution in [0.15, 0.2) is 146 Å². The van der Waals surface area contributed by atoms with Crippen molar-refractivity contribution in [1.29, 1.82) is 0 Å². The zero-order chi connectivity index (χ0) is 33.3. The van der Waals surface area contributed by atoms with Gasteiger partial charge in [0.2, 0.25) is 0 Å². The molecule has 0 amide bonds. The van der Waals surface area contributed by atoms with E-state index in [-0.39, 0.29) is 0 Å². The molecule has 4 nitrogen and oxygen atoms in total. The van der Waals surface area contributed by atoms with Crippen LogP contribution < -0.4 is 40.2 Å². The van der Waals surface area contributed by atoms with Gasteiger partial charge in [-0.2, -0.15) is 0 Å². The maximum Gasteiger partial charge on any atom is 0.127 e. The van der Waals surface area contributed by atoms with Crippen molar-refractivity contribution in [2.45, 2.75) is 12.3 Å². The summed E-state index contributed by atoms with van der Waals surface area (Å²) in [4.78, 5) is 0. The van der Waals surface area contributed by atoms with Crippen LogP contribution in [0.4, 0.5) is 0 Å². The van der Waals surface area contributed by atoms with E-state index in [0.29, 0.717) is 0 Å². The zero-order valence-electron chi connectivity index (χ0n) is 27.8. The van der Waals surface area contributed by atoms with E-state index in [2.05, 4.69) is 121 Å². The zero-order valence-corrected chi connectivity index (χ0v) is 29.6. The van der Waals surface area contributed by atoms with E-state index in [0.717, 1.165) is 57.6 Å². The van der Waals surface area contributed by atoms with Crippen molar-refractivity contribution < 1.29 is 18.9 Å². The second-order valence-corrected chi connectivity index (χ2v) is 15.6. The van der Waals surface area contributed by atoms with Crippen LogP contribution in [0.1, 0.15) is 11.1 Å². The molecule has 0 spiro atoms. The van der Waals surface area contributed by atoms with Crippen LogP contribution in [0.5, 0.6) is 23.0 Å². The van der Waals surface area contributed by atoms with Gasteiger partial charge in [-0.05, 0) is 61.3 Å². The highest BCUT2D eigenvalue weighted by Gasteiger charge is 2.29. The van der Waals surface area contributed by atoms with Crippen LogP contribution in [0, 0.1) is 0 Å². The molecule has 0 aliphatic heterocycles. The average Bonchev–Trinajstić information content (AvgIpc) is 3.16. The first kappa shape index (κ1) is 33.3. The van der Waals surface area contributed by atoms with Crippen molar-refractivity contribution >= 4 is 37.1 Å². The summed E-state index contributed by atoms with van der Waals surface area (Å²) in [6, 6.07) is 51.2. The number of rotatable bonds is 13. The average molecular weight is 671 g/mol. The molecule has 6 rings (SSSR count). The van der Waals surface area contributed by atoms with Gasteiger partial charge in [-0.25, -0.2) is 0 Å². The number of benzene rings is 6. The maximum atomic E-state index is 6.20. The summed E-state index contributed by atoms with van der Waals surface area (Å²) in [5.41, 5.74) is 4.09. The molecule has 0 aromatic heterocycles. The van der Waals surface area contributed by atoms with Gasteiger partial charge in [0.15, 0.2) is 0 Å². The predicted molar refractivity (Wildman–Crippen MR) is 204 cm³/mol. The first-order valence-corrected chi connectivity index (χ1v) is 19.0. The summed E-state index contributed by atoms with van der Waals surface area (Å²) >= 11 is 0. The Morgan fingerprint density at radius 3 is 0.833 bits per heavy atom. The van der Waals surface area contributed by atoms with Gasteiger partial charge in [-0.15, -0.1) is 0 Å². The third-order valence-corrected chi connectivity index (χ3v) is 13.4. The van der Waals surface area contributed by atoms with Crippen molar-refractivity contribution in [3.8, 4) is 34.1 Å². The van der Waals surface area contributed by atoms with Crippen molar-refractivity contribution in [3.63, 3.8) is 0 Å². The first-order chi connectivity index (χ1) is 23.7. The van der Waals surface area contributed by atoms with Crippen LogP contribution in [0.25, 0.3) is 11.1 Å². The van der Waals surface area contributed by atoms with Gasteiger partial charge in [0.25, 0.3) is 0 Å². The van der Waals surface area contributed by atoms with Crippen LogP contribution in [-0.4, -0.2) is 28.4 Å². The lowest BCUT2D eigenvalue weighted by Crippen LogP contribution is -2.15. The van der Waals surface area contributed by atoms with Gasteiger partial charge in [-0.1, -0.05) is 121 Å². The van der Waals surface area contributed by atoms with Crippen molar-refractivity contribution in [3.05, 3.63) is 157 Å². The summed E-state index contributed by atoms with van der Waals surface area (Å²) < 4.78 is 24.7. The predicted octanol–water partition coefficient (Wildman–Crippen LogP) is 8.65. The molecule has 0 aliphatic carbocycles. The summed E-state index contributed by atoms with van der Waals surface area (Å²) in [5.74, 6) is 3.15. The van der Waals surface area contributed by atoms with E-state index in [4.69, 9.17) is 18.9 Å². The minimum absolute atomic E-state index is 0.741. The molecule has 0 atom stereocenters. The molecule has 0 aliphatic rings. The van der Waals surface area contributed by atoms with Gasteiger partial charge >= 0.3 is 0 Å². The number of hydrogen-bond donors (Lipinski definition) is 0. The van der Waals surface area contributed by atoms with E-state index in [1.165, 1.54) is 21.2 Å². The van der Waals surface area contributed by atoms with E-state index in [1.807, 2.05) is 24.3 Å². The lowest BCUT2D eigenvalue weighted by atomic mass is 9.93. The topological polar surface area (TPSA) is 36.9 Å². The second-order valence-electron chi connectivity index (χ2n) is 11.2. The van der Waals surface area contributed by atoms with Gasteiger partial charge in [0.1, 0.15) is 23.0 Å². The second kappa shape index (κ2) is 16.0. The molecule has 6 aromatic carbocycles. The van der Waals surface area contributed by atoms with Crippen LogP contribution in [0.2, 0.25) is 0 Å². The molecule has 242 valence electrons. The number of methoxy groups -OCH3 is 4. The third-order valence-electron chi connectivity index (χ3n) is 8.50. The molecular formula is C42H40O4P2. The molecule has 0 N–H and O–H groups in total. The minimum atomic E-state index is -0.800. The molecule has 48 heavy (non-hydrogen) atoms. The highest BCUT2D eigenvalue weighted by molar-refractivity contribution is 7.72. The highest BCUT2D eigenvalue weighted by atomic mass is 31.1. The highest BCUT2D eigenvalue weighted by Crippen LogP contribution is 2.53. The van der Waals surface area contributed by atoms with Crippen LogP contribution in [-0.2, 0) is 12.3 Å². The fourth-order valence-corrected chi connectivity index (χ4v) is 10.9. The molecular weight excluding hydrogens is 630 g/mol. The van der Waals surface area contributed by atoms with E-state index < -0.39 is 15.8 Å². The maximum absolute atomic E-state index is 6.20. The van der Waals surface area contributed by atoms with Crippen LogP contribution >= 0.6 is 15.8 Å². The fourth-order valence-electron chi connectivity index (χ4n) is 6.21. The Morgan fingerprint density at radius 2 is 0.583 bits per heavy atom. The van der Waals surface area contributed by atoms with Gasteiger partial charge in [0, 0.05) is 34.6 Å². The fraction of sp³-hybridized carbons (Fsp3) is 0.143. The molecule has 0 unspecified atom stereocenters. The molecule has 0 bridgehead atoms. The normalized spacial score (nSPS) is 11.0. The third kappa shape index (κ3) is 7.12. The standard InChI is InChI=1S/C42H40O4P2/c1-43-37-25-27-39(45-3)41(35(37)29-47(31-17-9-5-10-18-31)32-19-11-6-12-20-32)42-36(38(44-2)26-28-40(42)46-4)30-48(33-21-13-7-14-22-33)34-23-15-8-16-24-34/h5-28H,29-30H2,1-4H3. The van der Waals surface area contributed by atoms with Crippen molar-refractivity contribution in [1.82, 2.24) is 0 Å².